The van der Waals surface area contributed by atoms with Gasteiger partial charge < -0.3 is 14.2 Å². The van der Waals surface area contributed by atoms with Crippen LogP contribution in [0.25, 0.3) is 0 Å². The molecular formula is C31H35F7O3. The highest BCUT2D eigenvalue weighted by Gasteiger charge is 2.45. The largest absolute Gasteiger partial charge is 0.459 e. The molecule has 0 saturated heterocycles. The highest BCUT2D eigenvalue weighted by Crippen LogP contribution is 2.44. The summed E-state index contributed by atoms with van der Waals surface area (Å²) in [7, 11) is 0. The fourth-order valence-electron chi connectivity index (χ4n) is 5.95. The Morgan fingerprint density at radius 1 is 0.854 bits per heavy atom. The summed E-state index contributed by atoms with van der Waals surface area (Å²) in [5, 5.41) is 0. The van der Waals surface area contributed by atoms with Crippen LogP contribution < -0.4 is 9.47 Å². The molecule has 2 aromatic carbocycles. The van der Waals surface area contributed by atoms with Crippen molar-refractivity contribution in [3.8, 4) is 11.5 Å². The first-order valence-electron chi connectivity index (χ1n) is 14.2. The third-order valence-corrected chi connectivity index (χ3v) is 8.15. The van der Waals surface area contributed by atoms with Crippen LogP contribution >= 0.6 is 0 Å². The summed E-state index contributed by atoms with van der Waals surface area (Å²) in [5.41, 5.74) is -0.453. The predicted molar refractivity (Wildman–Crippen MR) is 140 cm³/mol. The first-order chi connectivity index (χ1) is 19.5. The van der Waals surface area contributed by atoms with Crippen molar-refractivity contribution in [2.75, 3.05) is 0 Å². The Morgan fingerprint density at radius 3 is 2.07 bits per heavy atom. The Labute approximate surface area is 235 Å². The molecule has 0 unspecified atom stereocenters. The molecule has 4 rings (SSSR count). The van der Waals surface area contributed by atoms with E-state index in [1.165, 1.54) is 6.07 Å². The van der Waals surface area contributed by atoms with Gasteiger partial charge >= 0.3 is 18.3 Å². The summed E-state index contributed by atoms with van der Waals surface area (Å²) in [6, 6.07) is 7.87. The normalized spacial score (nSPS) is 23.6. The summed E-state index contributed by atoms with van der Waals surface area (Å²) in [6.45, 7) is 2.11. The zero-order valence-corrected chi connectivity index (χ0v) is 22.9. The molecule has 226 valence electrons. The van der Waals surface area contributed by atoms with E-state index in [0.29, 0.717) is 50.0 Å². The Morgan fingerprint density at radius 2 is 1.49 bits per heavy atom. The van der Waals surface area contributed by atoms with Crippen LogP contribution in [-0.4, -0.2) is 12.2 Å². The van der Waals surface area contributed by atoms with Crippen molar-refractivity contribution >= 4 is 0 Å². The standard InChI is InChI=1S/C31H35F7O3/c1-2-3-20-4-9-23(10-5-20)30(35,36)40-25-11-6-21(7-12-25)22-8-17-27(28(32)18-22)31(37,38)41-26-15-13-24(14-16-26)39-19-29(33)34/h8,13-21,23,25H,2-7,9-12H2,1H3. The molecule has 2 saturated carbocycles. The van der Waals surface area contributed by atoms with E-state index in [0.717, 1.165) is 62.1 Å². The van der Waals surface area contributed by atoms with Crippen molar-refractivity contribution in [2.24, 2.45) is 11.8 Å². The van der Waals surface area contributed by atoms with Crippen LogP contribution in [0.4, 0.5) is 30.7 Å². The highest BCUT2D eigenvalue weighted by molar-refractivity contribution is 5.34. The number of rotatable bonds is 11. The monoisotopic (exact) mass is 588 g/mol. The molecule has 0 N–H and O–H groups in total. The fraction of sp³-hybridized carbons (Fsp3) is 0.548. The van der Waals surface area contributed by atoms with E-state index < -0.39 is 41.7 Å². The molecule has 0 aromatic heterocycles. The lowest BCUT2D eigenvalue weighted by molar-refractivity contribution is -0.301. The van der Waals surface area contributed by atoms with Gasteiger partial charge in [-0.05, 0) is 105 Å². The molecule has 0 atom stereocenters. The van der Waals surface area contributed by atoms with Gasteiger partial charge in [-0.25, -0.2) is 4.39 Å². The van der Waals surface area contributed by atoms with Gasteiger partial charge in [0, 0.05) is 0 Å². The van der Waals surface area contributed by atoms with Crippen molar-refractivity contribution in [1.82, 2.24) is 0 Å². The zero-order valence-electron chi connectivity index (χ0n) is 22.9. The second kappa shape index (κ2) is 13.5. The lowest BCUT2D eigenvalue weighted by Gasteiger charge is -2.37. The van der Waals surface area contributed by atoms with Crippen LogP contribution in [0.1, 0.15) is 88.2 Å². The van der Waals surface area contributed by atoms with Gasteiger partial charge in [-0.2, -0.15) is 26.3 Å². The Bertz CT molecular complexity index is 1150. The average Bonchev–Trinajstić information content (AvgIpc) is 2.93. The van der Waals surface area contributed by atoms with Crippen LogP contribution in [0.5, 0.6) is 11.5 Å². The molecule has 2 aromatic rings. The molecule has 2 aliphatic rings. The first-order valence-corrected chi connectivity index (χ1v) is 14.2. The molecule has 0 bridgehead atoms. The van der Waals surface area contributed by atoms with E-state index in [9.17, 15) is 30.7 Å². The van der Waals surface area contributed by atoms with Crippen molar-refractivity contribution < 1.29 is 44.9 Å². The number of halogens is 7. The van der Waals surface area contributed by atoms with Gasteiger partial charge in [-0.3, -0.25) is 0 Å². The minimum Gasteiger partial charge on any atom is -0.459 e. The second-order valence-electron chi connectivity index (χ2n) is 11.0. The maximum absolute atomic E-state index is 14.9. The number of ether oxygens (including phenoxy) is 3. The number of alkyl halides is 4. The molecule has 0 spiro atoms. The zero-order chi connectivity index (χ0) is 29.6. The number of hydrogen-bond donors (Lipinski definition) is 0. The minimum atomic E-state index is -4.01. The average molecular weight is 589 g/mol. The van der Waals surface area contributed by atoms with Gasteiger partial charge in [0.25, 0.3) is 0 Å². The van der Waals surface area contributed by atoms with Crippen LogP contribution in [0.3, 0.4) is 0 Å². The summed E-state index contributed by atoms with van der Waals surface area (Å²) < 4.78 is 113. The van der Waals surface area contributed by atoms with Crippen molar-refractivity contribution in [3.05, 3.63) is 71.8 Å². The van der Waals surface area contributed by atoms with Gasteiger partial charge in [0.1, 0.15) is 17.3 Å². The topological polar surface area (TPSA) is 27.7 Å². The van der Waals surface area contributed by atoms with Gasteiger partial charge in [-0.1, -0.05) is 25.8 Å². The first kappa shape index (κ1) is 31.2. The third kappa shape index (κ3) is 8.40. The molecule has 0 amide bonds. The lowest BCUT2D eigenvalue weighted by Crippen LogP contribution is -2.39. The van der Waals surface area contributed by atoms with Gasteiger partial charge in [0.2, 0.25) is 0 Å². The Kier molecular flexibility index (Phi) is 10.3. The SMILES string of the molecule is CCCC1CCC(C(F)(F)OC2CCC(c3ccc(C(F)(F)Oc4ccc(OC=C(F)F)cc4)c(F)c3)CC2)CC1. The fourth-order valence-corrected chi connectivity index (χ4v) is 5.95. The van der Waals surface area contributed by atoms with Crippen LogP contribution in [-0.2, 0) is 10.8 Å². The highest BCUT2D eigenvalue weighted by atomic mass is 19.3. The van der Waals surface area contributed by atoms with Crippen LogP contribution in [0.15, 0.2) is 54.8 Å². The molecule has 10 heteroatoms. The van der Waals surface area contributed by atoms with Crippen LogP contribution in [0.2, 0.25) is 0 Å². The summed E-state index contributed by atoms with van der Waals surface area (Å²) >= 11 is 0. The van der Waals surface area contributed by atoms with Crippen molar-refractivity contribution in [2.45, 2.75) is 95.4 Å². The second-order valence-corrected chi connectivity index (χ2v) is 11.0. The summed E-state index contributed by atoms with van der Waals surface area (Å²) in [5.74, 6) is -1.91. The van der Waals surface area contributed by atoms with Crippen molar-refractivity contribution in [3.63, 3.8) is 0 Å². The van der Waals surface area contributed by atoms with E-state index in [-0.39, 0.29) is 23.7 Å². The third-order valence-electron chi connectivity index (χ3n) is 8.15. The Balaban J connectivity index is 1.30. The maximum atomic E-state index is 14.9. The predicted octanol–water partition coefficient (Wildman–Crippen LogP) is 10.3. The maximum Gasteiger partial charge on any atom is 0.429 e. The molecule has 2 aliphatic carbocycles. The molecule has 41 heavy (non-hydrogen) atoms. The van der Waals surface area contributed by atoms with E-state index in [2.05, 4.69) is 16.4 Å². The Hall–Kier alpha value is -2.75. The summed E-state index contributed by atoms with van der Waals surface area (Å²) in [6.07, 6.45) is -3.26. The lowest BCUT2D eigenvalue weighted by atomic mass is 9.79. The molecule has 3 nitrogen and oxygen atoms in total. The quantitative estimate of drug-likeness (QED) is 0.193. The van der Waals surface area contributed by atoms with E-state index in [1.807, 2.05) is 0 Å². The van der Waals surface area contributed by atoms with E-state index >= 15 is 0 Å². The molecule has 2 fully saturated rings. The molecule has 0 aliphatic heterocycles. The number of benzene rings is 2. The molecule has 0 heterocycles. The van der Waals surface area contributed by atoms with Gasteiger partial charge in [-0.15, -0.1) is 0 Å². The molecular weight excluding hydrogens is 553 g/mol. The van der Waals surface area contributed by atoms with Gasteiger partial charge in [0.05, 0.1) is 17.6 Å². The van der Waals surface area contributed by atoms with Crippen LogP contribution in [0, 0.1) is 17.7 Å². The van der Waals surface area contributed by atoms with Gasteiger partial charge in [0.15, 0.2) is 6.26 Å². The summed E-state index contributed by atoms with van der Waals surface area (Å²) in [4.78, 5) is 0. The van der Waals surface area contributed by atoms with Crippen molar-refractivity contribution in [1.29, 1.82) is 0 Å². The smallest absolute Gasteiger partial charge is 0.429 e. The minimum absolute atomic E-state index is 0.0256. The molecule has 0 radical (unpaired) electrons. The number of hydrogen-bond acceptors (Lipinski definition) is 3. The van der Waals surface area contributed by atoms with E-state index in [4.69, 9.17) is 4.74 Å². The van der Waals surface area contributed by atoms with E-state index in [1.54, 1.807) is 0 Å².